The van der Waals surface area contributed by atoms with E-state index >= 15 is 0 Å². The first-order valence-corrected chi connectivity index (χ1v) is 8.43. The molecule has 0 saturated carbocycles. The van der Waals surface area contributed by atoms with Crippen LogP contribution in [0.5, 0.6) is 5.75 Å². The number of amides is 1. The second-order valence-corrected chi connectivity index (χ2v) is 6.24. The zero-order valence-electron chi connectivity index (χ0n) is 14.1. The summed E-state index contributed by atoms with van der Waals surface area (Å²) in [5, 5.41) is 9.12. The van der Waals surface area contributed by atoms with E-state index in [0.717, 1.165) is 33.8 Å². The molecule has 4 rings (SSSR count). The summed E-state index contributed by atoms with van der Waals surface area (Å²) in [5.74, 6) is 0.802. The molecule has 1 aliphatic heterocycles. The van der Waals surface area contributed by atoms with Crippen LogP contribution in [0.3, 0.4) is 0 Å². The van der Waals surface area contributed by atoms with Crippen LogP contribution in [0.15, 0.2) is 66.7 Å². The van der Waals surface area contributed by atoms with Gasteiger partial charge in [-0.2, -0.15) is 0 Å². The molecule has 1 aliphatic rings. The van der Waals surface area contributed by atoms with Crippen molar-refractivity contribution in [2.75, 3.05) is 0 Å². The maximum absolute atomic E-state index is 11.1. The fourth-order valence-corrected chi connectivity index (χ4v) is 3.01. The zero-order chi connectivity index (χ0) is 17.9. The molecule has 0 saturated heterocycles. The van der Waals surface area contributed by atoms with E-state index < -0.39 is 6.09 Å². The molecule has 0 atom stereocenters. The van der Waals surface area contributed by atoms with Crippen LogP contribution in [-0.4, -0.2) is 21.1 Å². The fraction of sp³-hybridized carbons (Fsp3) is 0.143. The smallest absolute Gasteiger partial charge is 0.407 e. The highest BCUT2D eigenvalue weighted by Crippen LogP contribution is 2.26. The van der Waals surface area contributed by atoms with Crippen molar-refractivity contribution < 1.29 is 14.6 Å². The maximum atomic E-state index is 11.1. The summed E-state index contributed by atoms with van der Waals surface area (Å²) in [6.45, 7) is 1.28. The Balaban J connectivity index is 1.46. The summed E-state index contributed by atoms with van der Waals surface area (Å²) in [6.07, 6.45) is -0.913. The SMILES string of the molecule is O=C(O)N1Cc2ccc(-c3ccc(OCc4ccccc4)cc3)nc2C1. The number of ether oxygens (including phenoxy) is 1. The van der Waals surface area contributed by atoms with Gasteiger partial charge in [-0.3, -0.25) is 9.88 Å². The number of fused-ring (bicyclic) bond motifs is 1. The van der Waals surface area contributed by atoms with E-state index in [1.54, 1.807) is 0 Å². The van der Waals surface area contributed by atoms with Gasteiger partial charge in [0.05, 0.1) is 24.5 Å². The molecule has 2 aromatic carbocycles. The topological polar surface area (TPSA) is 62.7 Å². The third kappa shape index (κ3) is 3.37. The molecule has 5 heteroatoms. The molecule has 2 heterocycles. The number of benzene rings is 2. The number of hydrogen-bond donors (Lipinski definition) is 1. The maximum Gasteiger partial charge on any atom is 0.407 e. The number of aromatic nitrogens is 1. The van der Waals surface area contributed by atoms with Gasteiger partial charge in [-0.15, -0.1) is 0 Å². The van der Waals surface area contributed by atoms with Gasteiger partial charge in [0.15, 0.2) is 0 Å². The molecule has 26 heavy (non-hydrogen) atoms. The lowest BCUT2D eigenvalue weighted by Gasteiger charge is -2.08. The van der Waals surface area contributed by atoms with E-state index in [2.05, 4.69) is 4.98 Å². The van der Waals surface area contributed by atoms with E-state index in [1.807, 2.05) is 66.7 Å². The number of pyridine rings is 1. The molecule has 1 aromatic heterocycles. The molecule has 1 amide bonds. The standard InChI is InChI=1S/C21H18N2O3/c24-21(25)23-12-17-8-11-19(22-20(17)13-23)16-6-9-18(10-7-16)26-14-15-4-2-1-3-5-15/h1-11H,12-14H2,(H,24,25). The number of nitrogens with zero attached hydrogens (tertiary/aromatic N) is 2. The van der Waals surface area contributed by atoms with Crippen molar-refractivity contribution >= 4 is 6.09 Å². The molecular weight excluding hydrogens is 328 g/mol. The molecule has 5 nitrogen and oxygen atoms in total. The highest BCUT2D eigenvalue weighted by molar-refractivity contribution is 5.67. The highest BCUT2D eigenvalue weighted by atomic mass is 16.5. The Labute approximate surface area is 151 Å². The van der Waals surface area contributed by atoms with Crippen molar-refractivity contribution in [1.82, 2.24) is 9.88 Å². The average Bonchev–Trinajstić information content (AvgIpc) is 3.11. The van der Waals surface area contributed by atoms with Gasteiger partial charge >= 0.3 is 6.09 Å². The Hall–Kier alpha value is -3.34. The predicted octanol–water partition coefficient (Wildman–Crippen LogP) is 4.32. The van der Waals surface area contributed by atoms with Gasteiger partial charge in [0.1, 0.15) is 12.4 Å². The van der Waals surface area contributed by atoms with Crippen molar-refractivity contribution in [1.29, 1.82) is 0 Å². The molecule has 0 fully saturated rings. The molecule has 0 spiro atoms. The first-order chi connectivity index (χ1) is 12.7. The van der Waals surface area contributed by atoms with Gasteiger partial charge in [-0.1, -0.05) is 36.4 Å². The van der Waals surface area contributed by atoms with Gasteiger partial charge in [0.25, 0.3) is 0 Å². The van der Waals surface area contributed by atoms with E-state index in [9.17, 15) is 4.79 Å². The van der Waals surface area contributed by atoms with E-state index in [-0.39, 0.29) is 0 Å². The van der Waals surface area contributed by atoms with Gasteiger partial charge < -0.3 is 9.84 Å². The Morgan fingerprint density at radius 1 is 1.00 bits per heavy atom. The van der Waals surface area contributed by atoms with E-state index in [0.29, 0.717) is 19.7 Å². The Morgan fingerprint density at radius 3 is 2.50 bits per heavy atom. The molecular formula is C21H18N2O3. The molecule has 0 radical (unpaired) electrons. The van der Waals surface area contributed by atoms with E-state index in [1.165, 1.54) is 4.90 Å². The van der Waals surface area contributed by atoms with Crippen LogP contribution in [0.25, 0.3) is 11.3 Å². The number of carbonyl (C=O) groups is 1. The highest BCUT2D eigenvalue weighted by Gasteiger charge is 2.24. The van der Waals surface area contributed by atoms with Crippen molar-refractivity contribution in [3.63, 3.8) is 0 Å². The predicted molar refractivity (Wildman–Crippen MR) is 97.7 cm³/mol. The first-order valence-electron chi connectivity index (χ1n) is 8.43. The van der Waals surface area contributed by atoms with Crippen molar-refractivity contribution in [2.24, 2.45) is 0 Å². The zero-order valence-corrected chi connectivity index (χ0v) is 14.1. The molecule has 1 N–H and O–H groups in total. The number of rotatable bonds is 4. The van der Waals surface area contributed by atoms with Crippen molar-refractivity contribution in [2.45, 2.75) is 19.7 Å². The number of carboxylic acid groups (broad SMARTS) is 1. The lowest BCUT2D eigenvalue weighted by Crippen LogP contribution is -2.22. The monoisotopic (exact) mass is 346 g/mol. The molecule has 130 valence electrons. The Kier molecular flexibility index (Phi) is 4.27. The second-order valence-electron chi connectivity index (χ2n) is 6.24. The third-order valence-electron chi connectivity index (χ3n) is 4.44. The van der Waals surface area contributed by atoms with Crippen LogP contribution in [0.1, 0.15) is 16.8 Å². The quantitative estimate of drug-likeness (QED) is 0.764. The van der Waals surface area contributed by atoms with Crippen molar-refractivity contribution in [3.8, 4) is 17.0 Å². The van der Waals surface area contributed by atoms with Gasteiger partial charge in [0, 0.05) is 5.56 Å². The van der Waals surface area contributed by atoms with E-state index in [4.69, 9.17) is 9.84 Å². The summed E-state index contributed by atoms with van der Waals surface area (Å²) in [6, 6.07) is 21.7. The third-order valence-corrected chi connectivity index (χ3v) is 4.44. The summed E-state index contributed by atoms with van der Waals surface area (Å²) < 4.78 is 5.81. The minimum Gasteiger partial charge on any atom is -0.489 e. The van der Waals surface area contributed by atoms with Crippen LogP contribution >= 0.6 is 0 Å². The Morgan fingerprint density at radius 2 is 1.77 bits per heavy atom. The summed E-state index contributed by atoms with van der Waals surface area (Å²) >= 11 is 0. The average molecular weight is 346 g/mol. The molecule has 0 unspecified atom stereocenters. The molecule has 0 bridgehead atoms. The summed E-state index contributed by atoms with van der Waals surface area (Å²) in [7, 11) is 0. The van der Waals surface area contributed by atoms with Crippen LogP contribution in [0, 0.1) is 0 Å². The molecule has 3 aromatic rings. The van der Waals surface area contributed by atoms with Gasteiger partial charge in [-0.05, 0) is 41.5 Å². The van der Waals surface area contributed by atoms with Crippen LogP contribution in [0.4, 0.5) is 4.79 Å². The van der Waals surface area contributed by atoms with Gasteiger partial charge in [0.2, 0.25) is 0 Å². The summed E-state index contributed by atoms with van der Waals surface area (Å²) in [4.78, 5) is 17.1. The van der Waals surface area contributed by atoms with Crippen LogP contribution in [-0.2, 0) is 19.7 Å². The van der Waals surface area contributed by atoms with Crippen LogP contribution in [0.2, 0.25) is 0 Å². The minimum atomic E-state index is -0.913. The Bertz CT molecular complexity index is 924. The second kappa shape index (κ2) is 6.88. The first kappa shape index (κ1) is 16.1. The van der Waals surface area contributed by atoms with Crippen molar-refractivity contribution in [3.05, 3.63) is 83.6 Å². The minimum absolute atomic E-state index is 0.344. The largest absolute Gasteiger partial charge is 0.489 e. The summed E-state index contributed by atoms with van der Waals surface area (Å²) in [5.41, 5.74) is 4.74. The lowest BCUT2D eigenvalue weighted by atomic mass is 10.1. The van der Waals surface area contributed by atoms with Crippen LogP contribution < -0.4 is 4.74 Å². The fourth-order valence-electron chi connectivity index (χ4n) is 3.01. The van der Waals surface area contributed by atoms with Gasteiger partial charge in [-0.25, -0.2) is 4.79 Å². The normalized spacial score (nSPS) is 12.7. The number of hydrogen-bond acceptors (Lipinski definition) is 3. The lowest BCUT2D eigenvalue weighted by molar-refractivity contribution is 0.145. The molecule has 0 aliphatic carbocycles.